The standard InChI is InChI=1S/C33H36N2O5/c1-21-16-23(9-13-29(21)39-6)26-11-8-22(17-28(26)32(37)40-7)20-35(30(36)19-33(2,3)4)31-27-12-10-25(38-5)18-24(27)14-15-34-31/h8-18H,19-20H2,1-7H3. The van der Waals surface area contributed by atoms with Crippen LogP contribution in [0.15, 0.2) is 66.9 Å². The lowest BCUT2D eigenvalue weighted by Gasteiger charge is -2.27. The second kappa shape index (κ2) is 11.8. The number of carbonyl (C=O) groups excluding carboxylic acids is 2. The number of aromatic nitrogens is 1. The fourth-order valence-electron chi connectivity index (χ4n) is 4.76. The van der Waals surface area contributed by atoms with Crippen LogP contribution in [-0.4, -0.2) is 38.2 Å². The van der Waals surface area contributed by atoms with E-state index in [4.69, 9.17) is 14.2 Å². The maximum atomic E-state index is 13.7. The maximum Gasteiger partial charge on any atom is 0.338 e. The SMILES string of the molecule is COC(=O)c1cc(CN(C(=O)CC(C)(C)C)c2nccc3cc(OC)ccc23)ccc1-c1ccc(OC)c(C)c1. The van der Waals surface area contributed by atoms with Gasteiger partial charge < -0.3 is 14.2 Å². The van der Waals surface area contributed by atoms with Crippen LogP contribution in [0.25, 0.3) is 21.9 Å². The average molecular weight is 541 g/mol. The van der Waals surface area contributed by atoms with E-state index in [0.29, 0.717) is 17.8 Å². The van der Waals surface area contributed by atoms with E-state index in [-0.39, 0.29) is 17.9 Å². The van der Waals surface area contributed by atoms with Gasteiger partial charge in [0.15, 0.2) is 0 Å². The Morgan fingerprint density at radius 2 is 1.68 bits per heavy atom. The van der Waals surface area contributed by atoms with Crippen LogP contribution < -0.4 is 14.4 Å². The van der Waals surface area contributed by atoms with Crippen LogP contribution in [0.2, 0.25) is 0 Å². The molecule has 7 nitrogen and oxygen atoms in total. The Morgan fingerprint density at radius 3 is 2.33 bits per heavy atom. The first-order valence-corrected chi connectivity index (χ1v) is 13.1. The summed E-state index contributed by atoms with van der Waals surface area (Å²) in [6, 6.07) is 19.0. The van der Waals surface area contributed by atoms with Gasteiger partial charge in [0.25, 0.3) is 0 Å². The van der Waals surface area contributed by atoms with E-state index in [1.807, 2.05) is 82.3 Å². The van der Waals surface area contributed by atoms with Crippen LogP contribution >= 0.6 is 0 Å². The summed E-state index contributed by atoms with van der Waals surface area (Å²) in [6.45, 7) is 8.29. The van der Waals surface area contributed by atoms with Crippen molar-refractivity contribution >= 4 is 28.5 Å². The first-order chi connectivity index (χ1) is 19.0. The van der Waals surface area contributed by atoms with Gasteiger partial charge in [0.2, 0.25) is 5.91 Å². The highest BCUT2D eigenvalue weighted by molar-refractivity contribution is 6.03. The van der Waals surface area contributed by atoms with Crippen LogP contribution in [0.5, 0.6) is 11.5 Å². The summed E-state index contributed by atoms with van der Waals surface area (Å²) in [7, 11) is 4.62. The number of benzene rings is 3. The fraction of sp³-hybridized carbons (Fsp3) is 0.303. The molecule has 1 aromatic heterocycles. The minimum Gasteiger partial charge on any atom is -0.497 e. The molecule has 0 spiro atoms. The summed E-state index contributed by atoms with van der Waals surface area (Å²) in [5, 5.41) is 1.75. The molecule has 0 aliphatic heterocycles. The second-order valence-corrected chi connectivity index (χ2v) is 11.0. The number of hydrogen-bond acceptors (Lipinski definition) is 6. The number of carbonyl (C=O) groups is 2. The number of anilines is 1. The highest BCUT2D eigenvalue weighted by Crippen LogP contribution is 2.33. The van der Waals surface area contributed by atoms with Crippen molar-refractivity contribution in [3.8, 4) is 22.6 Å². The molecule has 0 atom stereocenters. The van der Waals surface area contributed by atoms with Crippen molar-refractivity contribution in [2.75, 3.05) is 26.2 Å². The molecule has 4 rings (SSSR count). The van der Waals surface area contributed by atoms with Gasteiger partial charge in [-0.3, -0.25) is 9.69 Å². The lowest BCUT2D eigenvalue weighted by atomic mass is 9.91. The third-order valence-corrected chi connectivity index (χ3v) is 6.72. The number of pyridine rings is 1. The first kappa shape index (κ1) is 28.6. The first-order valence-electron chi connectivity index (χ1n) is 13.1. The zero-order chi connectivity index (χ0) is 29.0. The molecule has 4 aromatic rings. The number of esters is 1. The molecule has 0 unspecified atom stereocenters. The van der Waals surface area contributed by atoms with E-state index < -0.39 is 5.97 Å². The number of ether oxygens (including phenoxy) is 3. The summed E-state index contributed by atoms with van der Waals surface area (Å²) < 4.78 is 15.9. The zero-order valence-corrected chi connectivity index (χ0v) is 24.2. The van der Waals surface area contributed by atoms with Crippen molar-refractivity contribution in [1.29, 1.82) is 0 Å². The van der Waals surface area contributed by atoms with Gasteiger partial charge in [-0.1, -0.05) is 39.0 Å². The molecule has 0 aliphatic carbocycles. The van der Waals surface area contributed by atoms with E-state index in [9.17, 15) is 9.59 Å². The van der Waals surface area contributed by atoms with Crippen molar-refractivity contribution in [3.63, 3.8) is 0 Å². The Morgan fingerprint density at radius 1 is 0.900 bits per heavy atom. The van der Waals surface area contributed by atoms with E-state index >= 15 is 0 Å². The molecule has 0 radical (unpaired) electrons. The number of hydrogen-bond donors (Lipinski definition) is 0. The number of methoxy groups -OCH3 is 3. The van der Waals surface area contributed by atoms with Gasteiger partial charge in [-0.15, -0.1) is 0 Å². The van der Waals surface area contributed by atoms with Gasteiger partial charge in [-0.05, 0) is 82.4 Å². The van der Waals surface area contributed by atoms with E-state index in [0.717, 1.165) is 44.5 Å². The molecule has 3 aromatic carbocycles. The number of amides is 1. The molecule has 0 aliphatic rings. The summed E-state index contributed by atoms with van der Waals surface area (Å²) in [5.41, 5.74) is 3.54. The number of nitrogens with zero attached hydrogens (tertiary/aromatic N) is 2. The van der Waals surface area contributed by atoms with Gasteiger partial charge in [-0.2, -0.15) is 0 Å². The Kier molecular flexibility index (Phi) is 8.43. The molecule has 0 bridgehead atoms. The predicted octanol–water partition coefficient (Wildman–Crippen LogP) is 6.98. The van der Waals surface area contributed by atoms with E-state index in [2.05, 4.69) is 4.98 Å². The Balaban J connectivity index is 1.81. The quantitative estimate of drug-likeness (QED) is 0.224. The molecule has 208 valence electrons. The molecule has 0 saturated heterocycles. The monoisotopic (exact) mass is 540 g/mol. The minimum absolute atomic E-state index is 0.0576. The van der Waals surface area contributed by atoms with Crippen LogP contribution in [0.3, 0.4) is 0 Å². The fourth-order valence-corrected chi connectivity index (χ4v) is 4.76. The molecule has 1 heterocycles. The summed E-state index contributed by atoms with van der Waals surface area (Å²) in [4.78, 5) is 33.0. The number of aryl methyl sites for hydroxylation is 1. The number of rotatable bonds is 8. The molecule has 40 heavy (non-hydrogen) atoms. The summed E-state index contributed by atoms with van der Waals surface area (Å²) >= 11 is 0. The molecule has 0 saturated carbocycles. The van der Waals surface area contributed by atoms with Gasteiger partial charge >= 0.3 is 5.97 Å². The Labute approximate surface area is 235 Å². The van der Waals surface area contributed by atoms with Gasteiger partial charge in [0.1, 0.15) is 17.3 Å². The molecular weight excluding hydrogens is 504 g/mol. The predicted molar refractivity (Wildman–Crippen MR) is 158 cm³/mol. The van der Waals surface area contributed by atoms with Crippen LogP contribution in [0.4, 0.5) is 5.82 Å². The highest BCUT2D eigenvalue weighted by Gasteiger charge is 2.26. The highest BCUT2D eigenvalue weighted by atomic mass is 16.5. The van der Waals surface area contributed by atoms with Crippen molar-refractivity contribution < 1.29 is 23.8 Å². The molecular formula is C33H36N2O5. The van der Waals surface area contributed by atoms with Crippen LogP contribution in [0.1, 0.15) is 48.7 Å². The summed E-state index contributed by atoms with van der Waals surface area (Å²) in [6.07, 6.45) is 2.03. The van der Waals surface area contributed by atoms with Gasteiger partial charge in [0.05, 0.1) is 33.4 Å². The van der Waals surface area contributed by atoms with Gasteiger partial charge in [-0.25, -0.2) is 9.78 Å². The zero-order valence-electron chi connectivity index (χ0n) is 24.2. The Bertz CT molecular complexity index is 1550. The van der Waals surface area contributed by atoms with E-state index in [1.54, 1.807) is 31.4 Å². The molecule has 0 N–H and O–H groups in total. The topological polar surface area (TPSA) is 78.0 Å². The molecule has 1 amide bonds. The van der Waals surface area contributed by atoms with Crippen molar-refractivity contribution in [2.45, 2.75) is 40.7 Å². The number of fused-ring (bicyclic) bond motifs is 1. The third-order valence-electron chi connectivity index (χ3n) is 6.72. The second-order valence-electron chi connectivity index (χ2n) is 11.0. The van der Waals surface area contributed by atoms with Crippen molar-refractivity contribution in [2.24, 2.45) is 5.41 Å². The average Bonchev–Trinajstić information content (AvgIpc) is 2.93. The Hall–Kier alpha value is -4.39. The lowest BCUT2D eigenvalue weighted by Crippen LogP contribution is -2.34. The normalized spacial score (nSPS) is 11.3. The summed E-state index contributed by atoms with van der Waals surface area (Å²) in [5.74, 6) is 1.55. The molecule has 7 heteroatoms. The third kappa shape index (κ3) is 6.25. The smallest absolute Gasteiger partial charge is 0.338 e. The van der Waals surface area contributed by atoms with Gasteiger partial charge in [0, 0.05) is 18.0 Å². The van der Waals surface area contributed by atoms with Crippen molar-refractivity contribution in [1.82, 2.24) is 4.98 Å². The molecule has 0 fully saturated rings. The largest absolute Gasteiger partial charge is 0.497 e. The van der Waals surface area contributed by atoms with Crippen molar-refractivity contribution in [3.05, 3.63) is 83.6 Å². The van der Waals surface area contributed by atoms with Crippen LogP contribution in [-0.2, 0) is 16.1 Å². The van der Waals surface area contributed by atoms with Crippen LogP contribution in [0, 0.1) is 12.3 Å². The maximum absolute atomic E-state index is 13.7. The van der Waals surface area contributed by atoms with E-state index in [1.165, 1.54) is 7.11 Å². The lowest BCUT2D eigenvalue weighted by molar-refractivity contribution is -0.120. The minimum atomic E-state index is -0.451.